The van der Waals surface area contributed by atoms with E-state index in [-0.39, 0.29) is 5.56 Å². The third kappa shape index (κ3) is 3.27. The number of nitrogens with zero attached hydrogens (tertiary/aromatic N) is 2. The first-order valence-corrected chi connectivity index (χ1v) is 7.92. The van der Waals surface area contributed by atoms with Crippen molar-refractivity contribution in [2.24, 2.45) is 0 Å². The highest BCUT2D eigenvalue weighted by Crippen LogP contribution is 2.38. The van der Waals surface area contributed by atoms with Gasteiger partial charge in [0.25, 0.3) is 0 Å². The fourth-order valence-corrected chi connectivity index (χ4v) is 2.95. The molecular weight excluding hydrogens is 325 g/mol. The van der Waals surface area contributed by atoms with Crippen molar-refractivity contribution in [1.82, 2.24) is 4.57 Å². The summed E-state index contributed by atoms with van der Waals surface area (Å²) in [6.45, 7) is 1.89. The summed E-state index contributed by atoms with van der Waals surface area (Å²) in [5.41, 5.74) is 2.83. The molecule has 0 aliphatic heterocycles. The van der Waals surface area contributed by atoms with Crippen molar-refractivity contribution in [3.63, 3.8) is 0 Å². The van der Waals surface area contributed by atoms with Gasteiger partial charge in [-0.05, 0) is 49.4 Å². The minimum atomic E-state index is -4.39. The van der Waals surface area contributed by atoms with Gasteiger partial charge < -0.3 is 9.47 Å². The van der Waals surface area contributed by atoms with Crippen LogP contribution in [-0.4, -0.2) is 18.7 Å². The van der Waals surface area contributed by atoms with E-state index in [4.69, 9.17) is 0 Å². The molecule has 0 aliphatic rings. The SMILES string of the molecule is Cc1ccc(-c2ccccc2C(F)(F)F)n1-c1ccc(N(C)C)cc1. The molecule has 0 aliphatic carbocycles. The molecule has 3 rings (SSSR count). The van der Waals surface area contributed by atoms with Crippen molar-refractivity contribution in [3.05, 3.63) is 71.9 Å². The maximum atomic E-state index is 13.4. The second kappa shape index (κ2) is 6.31. The molecule has 5 heteroatoms. The van der Waals surface area contributed by atoms with Crippen molar-refractivity contribution in [3.8, 4) is 16.9 Å². The Bertz CT molecular complexity index is 875. The van der Waals surface area contributed by atoms with Crippen LogP contribution in [0.5, 0.6) is 0 Å². The van der Waals surface area contributed by atoms with E-state index < -0.39 is 11.7 Å². The zero-order chi connectivity index (χ0) is 18.2. The number of anilines is 1. The average molecular weight is 344 g/mol. The summed E-state index contributed by atoms with van der Waals surface area (Å²) in [6.07, 6.45) is -4.39. The van der Waals surface area contributed by atoms with Gasteiger partial charge in [0.2, 0.25) is 0 Å². The minimum absolute atomic E-state index is 0.180. The average Bonchev–Trinajstić information content (AvgIpc) is 2.95. The van der Waals surface area contributed by atoms with Gasteiger partial charge in [-0.15, -0.1) is 0 Å². The summed E-state index contributed by atoms with van der Waals surface area (Å²) < 4.78 is 42.1. The lowest BCUT2D eigenvalue weighted by Crippen LogP contribution is -2.10. The van der Waals surface area contributed by atoms with Crippen LogP contribution in [0.3, 0.4) is 0 Å². The zero-order valence-electron chi connectivity index (χ0n) is 14.3. The van der Waals surface area contributed by atoms with Crippen LogP contribution in [0.2, 0.25) is 0 Å². The highest BCUT2D eigenvalue weighted by atomic mass is 19.4. The van der Waals surface area contributed by atoms with E-state index in [0.29, 0.717) is 5.69 Å². The van der Waals surface area contributed by atoms with Crippen LogP contribution in [-0.2, 0) is 6.18 Å². The first kappa shape index (κ1) is 17.1. The third-order valence-electron chi connectivity index (χ3n) is 4.21. The number of hydrogen-bond acceptors (Lipinski definition) is 1. The van der Waals surface area contributed by atoms with Crippen LogP contribution in [0.15, 0.2) is 60.7 Å². The van der Waals surface area contributed by atoms with Crippen LogP contribution >= 0.6 is 0 Å². The van der Waals surface area contributed by atoms with E-state index in [0.717, 1.165) is 23.1 Å². The van der Waals surface area contributed by atoms with Gasteiger partial charge in [0, 0.05) is 36.7 Å². The second-order valence-corrected chi connectivity index (χ2v) is 6.15. The summed E-state index contributed by atoms with van der Waals surface area (Å²) in [5, 5.41) is 0. The molecule has 0 radical (unpaired) electrons. The fraction of sp³-hybridized carbons (Fsp3) is 0.200. The third-order valence-corrected chi connectivity index (χ3v) is 4.21. The quantitative estimate of drug-likeness (QED) is 0.606. The molecule has 0 spiro atoms. The lowest BCUT2D eigenvalue weighted by molar-refractivity contribution is -0.137. The van der Waals surface area contributed by atoms with Crippen LogP contribution in [0, 0.1) is 6.92 Å². The van der Waals surface area contributed by atoms with Gasteiger partial charge >= 0.3 is 6.18 Å². The molecular formula is C20H19F3N2. The fourth-order valence-electron chi connectivity index (χ4n) is 2.95. The summed E-state index contributed by atoms with van der Waals surface area (Å²) in [5.74, 6) is 0. The van der Waals surface area contributed by atoms with Crippen LogP contribution in [0.4, 0.5) is 18.9 Å². The van der Waals surface area contributed by atoms with E-state index in [1.54, 1.807) is 12.1 Å². The topological polar surface area (TPSA) is 8.17 Å². The van der Waals surface area contributed by atoms with Crippen LogP contribution < -0.4 is 4.90 Å². The number of aryl methyl sites for hydroxylation is 1. The minimum Gasteiger partial charge on any atom is -0.378 e. The Kier molecular flexibility index (Phi) is 4.33. The maximum Gasteiger partial charge on any atom is 0.417 e. The van der Waals surface area contributed by atoms with E-state index in [1.807, 2.05) is 60.8 Å². The Balaban J connectivity index is 2.16. The predicted octanol–water partition coefficient (Wildman–Crippen LogP) is 5.54. The first-order valence-electron chi connectivity index (χ1n) is 7.92. The summed E-state index contributed by atoms with van der Waals surface area (Å²) in [4.78, 5) is 1.98. The molecule has 130 valence electrons. The summed E-state index contributed by atoms with van der Waals surface area (Å²) >= 11 is 0. The number of rotatable bonds is 3. The van der Waals surface area contributed by atoms with E-state index in [9.17, 15) is 13.2 Å². The molecule has 0 N–H and O–H groups in total. The number of hydrogen-bond donors (Lipinski definition) is 0. The highest BCUT2D eigenvalue weighted by molar-refractivity contribution is 5.69. The van der Waals surface area contributed by atoms with E-state index in [1.165, 1.54) is 12.1 Å². The lowest BCUT2D eigenvalue weighted by Gasteiger charge is -2.18. The molecule has 2 aromatic carbocycles. The standard InChI is InChI=1S/C20H19F3N2/c1-14-8-13-19(17-6-4-5-7-18(17)20(21,22)23)25(14)16-11-9-15(10-12-16)24(2)3/h4-13H,1-3H3. The smallest absolute Gasteiger partial charge is 0.378 e. The number of alkyl halides is 3. The normalized spacial score (nSPS) is 11.6. The Morgan fingerprint density at radius 3 is 2.08 bits per heavy atom. The van der Waals surface area contributed by atoms with Gasteiger partial charge in [-0.2, -0.15) is 13.2 Å². The second-order valence-electron chi connectivity index (χ2n) is 6.15. The molecule has 1 heterocycles. The zero-order valence-corrected chi connectivity index (χ0v) is 14.3. The van der Waals surface area contributed by atoms with E-state index >= 15 is 0 Å². The Morgan fingerprint density at radius 2 is 1.48 bits per heavy atom. The predicted molar refractivity (Wildman–Crippen MR) is 95.3 cm³/mol. The number of aromatic nitrogens is 1. The largest absolute Gasteiger partial charge is 0.417 e. The molecule has 3 aromatic rings. The van der Waals surface area contributed by atoms with Crippen LogP contribution in [0.1, 0.15) is 11.3 Å². The van der Waals surface area contributed by atoms with Crippen molar-refractivity contribution >= 4 is 5.69 Å². The van der Waals surface area contributed by atoms with Gasteiger partial charge in [-0.25, -0.2) is 0 Å². The van der Waals surface area contributed by atoms with Crippen molar-refractivity contribution in [2.75, 3.05) is 19.0 Å². The summed E-state index contributed by atoms with van der Waals surface area (Å²) in [7, 11) is 3.89. The highest BCUT2D eigenvalue weighted by Gasteiger charge is 2.34. The molecule has 0 saturated heterocycles. The van der Waals surface area contributed by atoms with Gasteiger partial charge in [0.1, 0.15) is 0 Å². The monoisotopic (exact) mass is 344 g/mol. The van der Waals surface area contributed by atoms with Crippen molar-refractivity contribution < 1.29 is 13.2 Å². The molecule has 0 amide bonds. The van der Waals surface area contributed by atoms with Crippen molar-refractivity contribution in [1.29, 1.82) is 0 Å². The Labute approximate surface area is 145 Å². The van der Waals surface area contributed by atoms with Gasteiger partial charge in [-0.3, -0.25) is 0 Å². The number of halogens is 3. The molecule has 0 fully saturated rings. The van der Waals surface area contributed by atoms with Crippen LogP contribution in [0.25, 0.3) is 16.9 Å². The molecule has 2 nitrogen and oxygen atoms in total. The number of benzene rings is 2. The molecule has 0 saturated carbocycles. The Hall–Kier alpha value is -2.69. The van der Waals surface area contributed by atoms with E-state index in [2.05, 4.69) is 0 Å². The van der Waals surface area contributed by atoms with Gasteiger partial charge in [-0.1, -0.05) is 18.2 Å². The lowest BCUT2D eigenvalue weighted by atomic mass is 10.0. The maximum absolute atomic E-state index is 13.4. The van der Waals surface area contributed by atoms with Gasteiger partial charge in [0.15, 0.2) is 0 Å². The van der Waals surface area contributed by atoms with Gasteiger partial charge in [0.05, 0.1) is 11.3 Å². The molecule has 25 heavy (non-hydrogen) atoms. The van der Waals surface area contributed by atoms with Crippen molar-refractivity contribution in [2.45, 2.75) is 13.1 Å². The summed E-state index contributed by atoms with van der Waals surface area (Å²) in [6, 6.07) is 17.0. The molecule has 0 bridgehead atoms. The molecule has 0 atom stereocenters. The molecule has 0 unspecified atom stereocenters. The molecule has 1 aromatic heterocycles. The first-order chi connectivity index (χ1) is 11.8. The Morgan fingerprint density at radius 1 is 0.840 bits per heavy atom.